The highest BCUT2D eigenvalue weighted by Gasteiger charge is 2.17. The molecule has 2 aromatic heterocycles. The van der Waals surface area contributed by atoms with Gasteiger partial charge in [0.2, 0.25) is 11.8 Å². The summed E-state index contributed by atoms with van der Waals surface area (Å²) in [5.41, 5.74) is 3.63. The fourth-order valence-corrected chi connectivity index (χ4v) is 2.69. The van der Waals surface area contributed by atoms with Gasteiger partial charge in [0.1, 0.15) is 0 Å². The van der Waals surface area contributed by atoms with Gasteiger partial charge in [0, 0.05) is 17.7 Å². The normalized spacial score (nSPS) is 10.8. The minimum Gasteiger partial charge on any atom is -0.408 e. The largest absolute Gasteiger partial charge is 0.408 e. The molecular weight excluding hydrogens is 318 g/mol. The van der Waals surface area contributed by atoms with Gasteiger partial charge in [0.05, 0.1) is 17.8 Å². The SMILES string of the molecule is CCCc1nnc(NC(=O)Cc2c(C)nn(-c3ccccc3)c2C)o1. The zero-order chi connectivity index (χ0) is 17.8. The first-order chi connectivity index (χ1) is 12.1. The van der Waals surface area contributed by atoms with E-state index in [1.165, 1.54) is 0 Å². The van der Waals surface area contributed by atoms with Gasteiger partial charge in [-0.15, -0.1) is 5.10 Å². The summed E-state index contributed by atoms with van der Waals surface area (Å²) in [7, 11) is 0. The van der Waals surface area contributed by atoms with Gasteiger partial charge in [0.25, 0.3) is 0 Å². The number of aryl methyl sites for hydroxylation is 2. The molecule has 0 saturated heterocycles. The molecule has 7 heteroatoms. The van der Waals surface area contributed by atoms with Crippen LogP contribution < -0.4 is 5.32 Å². The molecule has 0 bridgehead atoms. The predicted octanol–water partition coefficient (Wildman–Crippen LogP) is 3.01. The van der Waals surface area contributed by atoms with E-state index in [1.54, 1.807) is 0 Å². The Hall–Kier alpha value is -2.96. The van der Waals surface area contributed by atoms with Gasteiger partial charge in [-0.1, -0.05) is 30.2 Å². The number of rotatable bonds is 6. The average molecular weight is 339 g/mol. The lowest BCUT2D eigenvalue weighted by atomic mass is 10.1. The molecule has 0 aliphatic heterocycles. The second-order valence-electron chi connectivity index (χ2n) is 5.87. The molecule has 25 heavy (non-hydrogen) atoms. The van der Waals surface area contributed by atoms with Crippen LogP contribution in [-0.2, 0) is 17.6 Å². The van der Waals surface area contributed by atoms with Crippen molar-refractivity contribution in [2.45, 2.75) is 40.0 Å². The van der Waals surface area contributed by atoms with E-state index in [1.807, 2.05) is 55.8 Å². The first kappa shape index (κ1) is 16.9. The van der Waals surface area contributed by atoms with Crippen LogP contribution in [0.2, 0.25) is 0 Å². The summed E-state index contributed by atoms with van der Waals surface area (Å²) < 4.78 is 7.24. The standard InChI is InChI=1S/C18H21N5O2/c1-4-8-17-20-21-18(25-17)19-16(24)11-15-12(2)22-23(13(15)3)14-9-6-5-7-10-14/h5-7,9-10H,4,8,11H2,1-3H3,(H,19,21,24). The Kier molecular flexibility index (Phi) is 4.92. The maximum atomic E-state index is 12.3. The third-order valence-electron chi connectivity index (χ3n) is 3.96. The van der Waals surface area contributed by atoms with Gasteiger partial charge in [0.15, 0.2) is 0 Å². The third-order valence-corrected chi connectivity index (χ3v) is 3.96. The number of hydrogen-bond donors (Lipinski definition) is 1. The van der Waals surface area contributed by atoms with Crippen molar-refractivity contribution in [3.63, 3.8) is 0 Å². The predicted molar refractivity (Wildman–Crippen MR) is 93.7 cm³/mol. The summed E-state index contributed by atoms with van der Waals surface area (Å²) in [5, 5.41) is 15.0. The molecule has 0 atom stereocenters. The van der Waals surface area contributed by atoms with Gasteiger partial charge in [-0.25, -0.2) is 4.68 Å². The van der Waals surface area contributed by atoms with Gasteiger partial charge >= 0.3 is 6.01 Å². The minimum atomic E-state index is -0.203. The van der Waals surface area contributed by atoms with Gasteiger partial charge < -0.3 is 4.42 Å². The van der Waals surface area contributed by atoms with E-state index in [0.29, 0.717) is 12.3 Å². The van der Waals surface area contributed by atoms with Crippen LogP contribution in [0.4, 0.5) is 6.01 Å². The molecule has 0 spiro atoms. The molecule has 7 nitrogen and oxygen atoms in total. The number of para-hydroxylation sites is 1. The zero-order valence-corrected chi connectivity index (χ0v) is 14.6. The number of nitrogens with one attached hydrogen (secondary N) is 1. The van der Waals surface area contributed by atoms with Gasteiger partial charge in [-0.05, 0) is 32.4 Å². The number of aromatic nitrogens is 4. The molecule has 0 unspecified atom stereocenters. The summed E-state index contributed by atoms with van der Waals surface area (Å²) >= 11 is 0. The quantitative estimate of drug-likeness (QED) is 0.746. The highest BCUT2D eigenvalue weighted by Crippen LogP contribution is 2.19. The molecule has 1 aromatic carbocycles. The molecule has 1 N–H and O–H groups in total. The first-order valence-electron chi connectivity index (χ1n) is 8.31. The lowest BCUT2D eigenvalue weighted by Gasteiger charge is -2.05. The topological polar surface area (TPSA) is 85.8 Å². The Morgan fingerprint density at radius 1 is 1.20 bits per heavy atom. The maximum absolute atomic E-state index is 12.3. The Morgan fingerprint density at radius 2 is 1.96 bits per heavy atom. The maximum Gasteiger partial charge on any atom is 0.322 e. The van der Waals surface area contributed by atoms with Gasteiger partial charge in [-0.2, -0.15) is 5.10 Å². The summed E-state index contributed by atoms with van der Waals surface area (Å²) in [6.45, 7) is 5.89. The van der Waals surface area contributed by atoms with Crippen molar-refractivity contribution in [3.05, 3.63) is 53.2 Å². The van der Waals surface area contributed by atoms with E-state index < -0.39 is 0 Å². The Balaban J connectivity index is 1.74. The Labute approximate surface area is 146 Å². The summed E-state index contributed by atoms with van der Waals surface area (Å²) in [5.74, 6) is 0.326. The molecule has 0 radical (unpaired) electrons. The molecule has 1 amide bonds. The van der Waals surface area contributed by atoms with E-state index in [9.17, 15) is 4.79 Å². The van der Waals surface area contributed by atoms with Crippen molar-refractivity contribution < 1.29 is 9.21 Å². The van der Waals surface area contributed by atoms with Crippen LogP contribution in [0.1, 0.15) is 36.2 Å². The van der Waals surface area contributed by atoms with Crippen LogP contribution in [0.5, 0.6) is 0 Å². The van der Waals surface area contributed by atoms with E-state index in [-0.39, 0.29) is 18.3 Å². The summed E-state index contributed by atoms with van der Waals surface area (Å²) in [4.78, 5) is 12.3. The molecule has 2 heterocycles. The molecule has 0 fully saturated rings. The summed E-state index contributed by atoms with van der Waals surface area (Å²) in [6.07, 6.45) is 1.81. The molecule has 0 aliphatic rings. The number of anilines is 1. The fourth-order valence-electron chi connectivity index (χ4n) is 2.69. The molecule has 3 aromatic rings. The number of carbonyl (C=O) groups is 1. The fraction of sp³-hybridized carbons (Fsp3) is 0.333. The van der Waals surface area contributed by atoms with Crippen molar-refractivity contribution >= 4 is 11.9 Å². The number of nitrogens with zero attached hydrogens (tertiary/aromatic N) is 4. The smallest absolute Gasteiger partial charge is 0.322 e. The second-order valence-corrected chi connectivity index (χ2v) is 5.87. The minimum absolute atomic E-state index is 0.138. The van der Waals surface area contributed by atoms with Crippen LogP contribution in [0.3, 0.4) is 0 Å². The average Bonchev–Trinajstić information content (AvgIpc) is 3.15. The van der Waals surface area contributed by atoms with Crippen molar-refractivity contribution in [1.82, 2.24) is 20.0 Å². The molecular formula is C18H21N5O2. The van der Waals surface area contributed by atoms with Crippen LogP contribution >= 0.6 is 0 Å². The van der Waals surface area contributed by atoms with Crippen LogP contribution in [0, 0.1) is 13.8 Å². The van der Waals surface area contributed by atoms with Crippen LogP contribution in [0.25, 0.3) is 5.69 Å². The second kappa shape index (κ2) is 7.29. The zero-order valence-electron chi connectivity index (χ0n) is 14.6. The number of benzene rings is 1. The molecule has 0 aliphatic carbocycles. The number of amides is 1. The van der Waals surface area contributed by atoms with E-state index >= 15 is 0 Å². The number of carbonyl (C=O) groups excluding carboxylic acids is 1. The van der Waals surface area contributed by atoms with Crippen molar-refractivity contribution in [2.75, 3.05) is 5.32 Å². The van der Waals surface area contributed by atoms with Crippen molar-refractivity contribution in [3.8, 4) is 5.69 Å². The lowest BCUT2D eigenvalue weighted by Crippen LogP contribution is -2.15. The lowest BCUT2D eigenvalue weighted by molar-refractivity contribution is -0.115. The molecule has 3 rings (SSSR count). The van der Waals surface area contributed by atoms with E-state index in [2.05, 4.69) is 20.6 Å². The Morgan fingerprint density at radius 3 is 2.68 bits per heavy atom. The molecule has 0 saturated carbocycles. The number of hydrogen-bond acceptors (Lipinski definition) is 5. The van der Waals surface area contributed by atoms with Crippen molar-refractivity contribution in [1.29, 1.82) is 0 Å². The highest BCUT2D eigenvalue weighted by atomic mass is 16.4. The van der Waals surface area contributed by atoms with E-state index in [4.69, 9.17) is 4.42 Å². The summed E-state index contributed by atoms with van der Waals surface area (Å²) in [6, 6.07) is 9.98. The van der Waals surface area contributed by atoms with Crippen molar-refractivity contribution in [2.24, 2.45) is 0 Å². The van der Waals surface area contributed by atoms with Gasteiger partial charge in [-0.3, -0.25) is 10.1 Å². The first-order valence-corrected chi connectivity index (χ1v) is 8.31. The van der Waals surface area contributed by atoms with E-state index in [0.717, 1.165) is 29.1 Å². The monoisotopic (exact) mass is 339 g/mol. The highest BCUT2D eigenvalue weighted by molar-refractivity contribution is 5.90. The molecule has 130 valence electrons. The Bertz CT molecular complexity index is 867. The van der Waals surface area contributed by atoms with Crippen LogP contribution in [0.15, 0.2) is 34.7 Å². The third kappa shape index (κ3) is 3.76. The van der Waals surface area contributed by atoms with Crippen LogP contribution in [-0.4, -0.2) is 25.9 Å².